The lowest BCUT2D eigenvalue weighted by Crippen LogP contribution is -2.30. The zero-order valence-electron chi connectivity index (χ0n) is 7.23. The number of hydrogen-bond acceptors (Lipinski definition) is 1. The Hall–Kier alpha value is -0.670. The van der Waals surface area contributed by atoms with E-state index in [9.17, 15) is 13.6 Å². The third-order valence-electron chi connectivity index (χ3n) is 1.93. The van der Waals surface area contributed by atoms with Gasteiger partial charge in [-0.25, -0.2) is 0 Å². The summed E-state index contributed by atoms with van der Waals surface area (Å²) in [7, 11) is 0. The van der Waals surface area contributed by atoms with Crippen LogP contribution < -0.4 is 5.32 Å². The van der Waals surface area contributed by atoms with E-state index in [1.54, 1.807) is 0 Å². The van der Waals surface area contributed by atoms with Crippen molar-refractivity contribution in [2.45, 2.75) is 38.7 Å². The molecule has 1 saturated heterocycles. The van der Waals surface area contributed by atoms with Crippen LogP contribution in [0.25, 0.3) is 0 Å². The van der Waals surface area contributed by atoms with E-state index >= 15 is 0 Å². The minimum Gasteiger partial charge on any atom is -0.348 e. The first kappa shape index (κ1) is 9.42. The Morgan fingerprint density at radius 3 is 2.58 bits per heavy atom. The van der Waals surface area contributed by atoms with Crippen LogP contribution in [0.2, 0.25) is 0 Å². The third-order valence-corrected chi connectivity index (χ3v) is 1.93. The van der Waals surface area contributed by atoms with Gasteiger partial charge in [0.1, 0.15) is 0 Å². The van der Waals surface area contributed by atoms with Crippen LogP contribution in [0, 0.1) is 5.92 Å². The normalized spacial score (nSPS) is 27.8. The first-order valence-electron chi connectivity index (χ1n) is 4.10. The van der Waals surface area contributed by atoms with Crippen LogP contribution in [0.5, 0.6) is 0 Å². The lowest BCUT2D eigenvalue weighted by atomic mass is 10.0. The van der Waals surface area contributed by atoms with Crippen molar-refractivity contribution in [3.8, 4) is 0 Å². The first-order valence-corrected chi connectivity index (χ1v) is 4.10. The van der Waals surface area contributed by atoms with E-state index in [0.29, 0.717) is 12.3 Å². The predicted molar refractivity (Wildman–Crippen MR) is 40.9 cm³/mol. The van der Waals surface area contributed by atoms with Crippen LogP contribution in [-0.2, 0) is 4.79 Å². The van der Waals surface area contributed by atoms with Crippen LogP contribution in [0.3, 0.4) is 0 Å². The van der Waals surface area contributed by atoms with Gasteiger partial charge < -0.3 is 5.32 Å². The molecule has 0 aromatic rings. The Morgan fingerprint density at radius 1 is 1.67 bits per heavy atom. The highest BCUT2D eigenvalue weighted by Gasteiger charge is 2.47. The van der Waals surface area contributed by atoms with Gasteiger partial charge >= 0.3 is 5.92 Å². The SMILES string of the molecule is CC(C)CC1CC(F)(F)C(=O)N1. The van der Waals surface area contributed by atoms with Gasteiger partial charge in [-0.05, 0) is 12.3 Å². The summed E-state index contributed by atoms with van der Waals surface area (Å²) in [5.41, 5.74) is 0. The van der Waals surface area contributed by atoms with Crippen molar-refractivity contribution >= 4 is 5.91 Å². The van der Waals surface area contributed by atoms with Gasteiger partial charge in [-0.1, -0.05) is 13.8 Å². The van der Waals surface area contributed by atoms with Crippen LogP contribution in [0.15, 0.2) is 0 Å². The van der Waals surface area contributed by atoms with E-state index < -0.39 is 11.8 Å². The Balaban J connectivity index is 2.50. The second-order valence-corrected chi connectivity index (χ2v) is 3.71. The fourth-order valence-electron chi connectivity index (χ4n) is 1.46. The molecule has 70 valence electrons. The maximum absolute atomic E-state index is 12.6. The van der Waals surface area contributed by atoms with Gasteiger partial charge in [-0.3, -0.25) is 4.79 Å². The molecule has 0 aromatic carbocycles. The van der Waals surface area contributed by atoms with Crippen molar-refractivity contribution in [1.82, 2.24) is 5.32 Å². The molecule has 4 heteroatoms. The van der Waals surface area contributed by atoms with Crippen LogP contribution in [0.4, 0.5) is 8.78 Å². The number of nitrogens with one attached hydrogen (secondary N) is 1. The van der Waals surface area contributed by atoms with Crippen LogP contribution in [0.1, 0.15) is 26.7 Å². The van der Waals surface area contributed by atoms with E-state index in [0.717, 1.165) is 0 Å². The van der Waals surface area contributed by atoms with Crippen molar-refractivity contribution in [2.24, 2.45) is 5.92 Å². The van der Waals surface area contributed by atoms with Gasteiger partial charge in [0.05, 0.1) is 0 Å². The number of rotatable bonds is 2. The Bertz CT molecular complexity index is 191. The largest absolute Gasteiger partial charge is 0.348 e. The van der Waals surface area contributed by atoms with Crippen molar-refractivity contribution in [3.05, 3.63) is 0 Å². The monoisotopic (exact) mass is 177 g/mol. The summed E-state index contributed by atoms with van der Waals surface area (Å²) in [5, 5.41) is 2.29. The van der Waals surface area contributed by atoms with Gasteiger partial charge in [0.15, 0.2) is 0 Å². The molecule has 0 saturated carbocycles. The zero-order valence-corrected chi connectivity index (χ0v) is 7.23. The van der Waals surface area contributed by atoms with Crippen molar-refractivity contribution in [2.75, 3.05) is 0 Å². The number of alkyl halides is 2. The van der Waals surface area contributed by atoms with Gasteiger partial charge in [0.2, 0.25) is 0 Å². The van der Waals surface area contributed by atoms with Gasteiger partial charge in [0, 0.05) is 12.5 Å². The maximum atomic E-state index is 12.6. The Morgan fingerprint density at radius 2 is 2.25 bits per heavy atom. The Kier molecular flexibility index (Phi) is 2.35. The molecular formula is C8H13F2NO. The van der Waals surface area contributed by atoms with Gasteiger partial charge in [-0.15, -0.1) is 0 Å². The third kappa shape index (κ3) is 1.93. The molecule has 1 heterocycles. The summed E-state index contributed by atoms with van der Waals surface area (Å²) in [4.78, 5) is 10.6. The summed E-state index contributed by atoms with van der Waals surface area (Å²) >= 11 is 0. The molecule has 0 spiro atoms. The van der Waals surface area contributed by atoms with Crippen LogP contribution >= 0.6 is 0 Å². The quantitative estimate of drug-likeness (QED) is 0.681. The second kappa shape index (κ2) is 2.99. The standard InChI is InChI=1S/C8H13F2NO/c1-5(2)3-6-4-8(9,10)7(12)11-6/h5-6H,3-4H2,1-2H3,(H,11,12). The topological polar surface area (TPSA) is 29.1 Å². The van der Waals surface area contributed by atoms with E-state index in [2.05, 4.69) is 5.32 Å². The number of halogens is 2. The summed E-state index contributed by atoms with van der Waals surface area (Å²) in [6.07, 6.45) is 0.283. The molecule has 0 radical (unpaired) electrons. The molecule has 0 aliphatic carbocycles. The highest BCUT2D eigenvalue weighted by atomic mass is 19.3. The van der Waals surface area contributed by atoms with Crippen molar-refractivity contribution in [1.29, 1.82) is 0 Å². The number of carbonyl (C=O) groups is 1. The van der Waals surface area contributed by atoms with Gasteiger partial charge in [-0.2, -0.15) is 8.78 Å². The highest BCUT2D eigenvalue weighted by molar-refractivity contribution is 5.85. The second-order valence-electron chi connectivity index (χ2n) is 3.71. The van der Waals surface area contributed by atoms with E-state index in [1.165, 1.54) is 0 Å². The molecule has 1 rings (SSSR count). The molecule has 2 nitrogen and oxygen atoms in total. The van der Waals surface area contributed by atoms with Gasteiger partial charge in [0.25, 0.3) is 5.91 Å². The van der Waals surface area contributed by atoms with E-state index in [-0.39, 0.29) is 12.5 Å². The van der Waals surface area contributed by atoms with E-state index in [1.807, 2.05) is 13.8 Å². The smallest absolute Gasteiger partial charge is 0.326 e. The molecule has 1 fully saturated rings. The molecule has 1 aliphatic heterocycles. The molecular weight excluding hydrogens is 164 g/mol. The minimum atomic E-state index is -3.14. The number of carbonyl (C=O) groups excluding carboxylic acids is 1. The molecule has 0 bridgehead atoms. The lowest BCUT2D eigenvalue weighted by molar-refractivity contribution is -0.139. The first-order chi connectivity index (χ1) is 5.42. The lowest BCUT2D eigenvalue weighted by Gasteiger charge is -2.11. The molecule has 1 atom stereocenters. The number of amides is 1. The zero-order chi connectivity index (χ0) is 9.35. The van der Waals surface area contributed by atoms with E-state index in [4.69, 9.17) is 0 Å². The number of hydrogen-bond donors (Lipinski definition) is 1. The molecule has 0 aromatic heterocycles. The Labute approximate surface area is 70.3 Å². The molecule has 1 N–H and O–H groups in total. The average molecular weight is 177 g/mol. The summed E-state index contributed by atoms with van der Waals surface area (Å²) in [5.74, 6) is -3.92. The summed E-state index contributed by atoms with van der Waals surface area (Å²) < 4.78 is 25.3. The molecule has 1 unspecified atom stereocenters. The fourth-order valence-corrected chi connectivity index (χ4v) is 1.46. The predicted octanol–water partition coefficient (Wildman–Crippen LogP) is 1.56. The van der Waals surface area contributed by atoms with Crippen molar-refractivity contribution in [3.63, 3.8) is 0 Å². The average Bonchev–Trinajstić information content (AvgIpc) is 2.04. The fraction of sp³-hybridized carbons (Fsp3) is 0.875. The summed E-state index contributed by atoms with van der Waals surface area (Å²) in [6.45, 7) is 3.89. The van der Waals surface area contributed by atoms with Crippen LogP contribution in [-0.4, -0.2) is 17.9 Å². The minimum absolute atomic E-state index is 0.337. The molecule has 12 heavy (non-hydrogen) atoms. The maximum Gasteiger partial charge on any atom is 0.326 e. The molecule has 1 aliphatic rings. The van der Waals surface area contributed by atoms with Crippen molar-refractivity contribution < 1.29 is 13.6 Å². The molecule has 1 amide bonds. The highest BCUT2D eigenvalue weighted by Crippen LogP contribution is 2.29. The summed E-state index contributed by atoms with van der Waals surface area (Å²) in [6, 6.07) is -0.340.